The first kappa shape index (κ1) is 23.6. The van der Waals surface area contributed by atoms with Gasteiger partial charge in [-0.05, 0) is 73.3 Å². The minimum atomic E-state index is 0.632. The Bertz CT molecular complexity index is 1050. The van der Waals surface area contributed by atoms with Gasteiger partial charge < -0.3 is 9.80 Å². The molecule has 180 valence electrons. The Balaban J connectivity index is 1.17. The maximum Gasteiger partial charge on any atom is 0.0995 e. The van der Waals surface area contributed by atoms with Crippen molar-refractivity contribution in [3.05, 3.63) is 63.7 Å². The van der Waals surface area contributed by atoms with E-state index in [0.717, 1.165) is 74.2 Å². The molecule has 2 saturated heterocycles. The molecule has 5 rings (SSSR count). The molecule has 2 aromatic carbocycles. The summed E-state index contributed by atoms with van der Waals surface area (Å²) in [5.41, 5.74) is 6.10. The van der Waals surface area contributed by atoms with Gasteiger partial charge in [-0.2, -0.15) is 5.26 Å². The number of piperazine rings is 1. The minimum absolute atomic E-state index is 0.632. The average molecular weight is 478 g/mol. The number of anilines is 1. The van der Waals surface area contributed by atoms with Crippen LogP contribution in [0.4, 0.5) is 5.69 Å². The molecule has 0 amide bonds. The van der Waals surface area contributed by atoms with E-state index in [4.69, 9.17) is 11.6 Å². The number of benzene rings is 2. The van der Waals surface area contributed by atoms with E-state index in [0.29, 0.717) is 6.04 Å². The highest BCUT2D eigenvalue weighted by Crippen LogP contribution is 2.28. The normalized spacial score (nSPS) is 22.1. The highest BCUT2D eigenvalue weighted by molar-refractivity contribution is 6.30. The SMILES string of the molecule is CN1CC(CN(C)c2ccc(C#N)c(CN3CCN(C4CCc5cc(Cl)ccc5C4)CC3)c2)C1. The molecule has 1 atom stereocenters. The van der Waals surface area contributed by atoms with Crippen molar-refractivity contribution in [2.45, 2.75) is 31.8 Å². The predicted molar refractivity (Wildman–Crippen MR) is 140 cm³/mol. The Morgan fingerprint density at radius 1 is 1.06 bits per heavy atom. The second kappa shape index (κ2) is 10.3. The number of rotatable bonds is 6. The Labute approximate surface area is 209 Å². The van der Waals surface area contributed by atoms with E-state index in [1.165, 1.54) is 36.3 Å². The highest BCUT2D eigenvalue weighted by atomic mass is 35.5. The van der Waals surface area contributed by atoms with Gasteiger partial charge in [-0.3, -0.25) is 9.80 Å². The van der Waals surface area contributed by atoms with Crippen molar-refractivity contribution in [2.75, 3.05) is 64.8 Å². The minimum Gasteiger partial charge on any atom is -0.374 e. The monoisotopic (exact) mass is 477 g/mol. The van der Waals surface area contributed by atoms with Crippen LogP contribution in [0.3, 0.4) is 0 Å². The summed E-state index contributed by atoms with van der Waals surface area (Å²) in [6, 6.07) is 15.8. The molecule has 0 N–H and O–H groups in total. The Hall–Kier alpha value is -2.10. The quantitative estimate of drug-likeness (QED) is 0.631. The molecular formula is C28H36ClN5. The molecule has 1 unspecified atom stereocenters. The van der Waals surface area contributed by atoms with E-state index in [1.807, 2.05) is 12.1 Å². The number of hydrogen-bond donors (Lipinski definition) is 0. The van der Waals surface area contributed by atoms with Gasteiger partial charge in [-0.15, -0.1) is 0 Å². The number of halogens is 1. The number of aryl methyl sites for hydroxylation is 1. The van der Waals surface area contributed by atoms with Crippen LogP contribution in [0.15, 0.2) is 36.4 Å². The zero-order chi connectivity index (χ0) is 23.7. The Morgan fingerprint density at radius 3 is 2.59 bits per heavy atom. The van der Waals surface area contributed by atoms with Crippen LogP contribution in [0.2, 0.25) is 5.02 Å². The van der Waals surface area contributed by atoms with Crippen molar-refractivity contribution in [3.8, 4) is 6.07 Å². The van der Waals surface area contributed by atoms with Gasteiger partial charge in [0.25, 0.3) is 0 Å². The van der Waals surface area contributed by atoms with E-state index in [1.54, 1.807) is 0 Å². The molecule has 3 aliphatic rings. The largest absolute Gasteiger partial charge is 0.374 e. The molecule has 0 spiro atoms. The molecular weight excluding hydrogens is 442 g/mol. The number of hydrogen-bond acceptors (Lipinski definition) is 5. The summed E-state index contributed by atoms with van der Waals surface area (Å²) in [5, 5.41) is 10.6. The van der Waals surface area contributed by atoms with Crippen LogP contribution in [0.5, 0.6) is 0 Å². The van der Waals surface area contributed by atoms with Gasteiger partial charge in [-0.1, -0.05) is 17.7 Å². The molecule has 34 heavy (non-hydrogen) atoms. The predicted octanol–water partition coefficient (Wildman–Crippen LogP) is 3.88. The summed E-state index contributed by atoms with van der Waals surface area (Å²) in [5.74, 6) is 0.742. The van der Waals surface area contributed by atoms with Gasteiger partial charge in [0.1, 0.15) is 0 Å². The third kappa shape index (κ3) is 5.26. The Kier molecular flexibility index (Phi) is 7.13. The molecule has 0 bridgehead atoms. The van der Waals surface area contributed by atoms with Gasteiger partial charge >= 0.3 is 0 Å². The standard InChI is InChI=1S/C28H36ClN5/c1-31-17-21(18-31)19-32(2)27-7-5-24(16-30)25(15-27)20-33-9-11-34(12-10-33)28-8-4-22-13-26(29)6-3-23(22)14-28/h3,5-7,13,15,21,28H,4,8-12,14,17-20H2,1-2H3. The molecule has 2 aromatic rings. The lowest BCUT2D eigenvalue weighted by atomic mass is 9.87. The fourth-order valence-corrected chi connectivity index (χ4v) is 6.23. The number of nitriles is 1. The third-order valence-corrected chi connectivity index (χ3v) is 8.24. The third-order valence-electron chi connectivity index (χ3n) is 8.01. The van der Waals surface area contributed by atoms with Gasteiger partial charge in [0.2, 0.25) is 0 Å². The summed E-state index contributed by atoms with van der Waals surface area (Å²) in [6.45, 7) is 8.61. The van der Waals surface area contributed by atoms with Crippen LogP contribution in [0.1, 0.15) is 28.7 Å². The Morgan fingerprint density at radius 2 is 1.85 bits per heavy atom. The first-order chi connectivity index (χ1) is 16.5. The van der Waals surface area contributed by atoms with Gasteiger partial charge in [0.05, 0.1) is 11.6 Å². The molecule has 1 aliphatic carbocycles. The molecule has 0 radical (unpaired) electrons. The van der Waals surface area contributed by atoms with E-state index in [9.17, 15) is 5.26 Å². The second-order valence-corrected chi connectivity index (χ2v) is 11.0. The lowest BCUT2D eigenvalue weighted by molar-refractivity contribution is 0.0856. The van der Waals surface area contributed by atoms with Crippen molar-refractivity contribution < 1.29 is 0 Å². The van der Waals surface area contributed by atoms with E-state index in [2.05, 4.69) is 64.0 Å². The summed E-state index contributed by atoms with van der Waals surface area (Å²) < 4.78 is 0. The van der Waals surface area contributed by atoms with Crippen molar-refractivity contribution in [1.82, 2.24) is 14.7 Å². The number of nitrogens with zero attached hydrogens (tertiary/aromatic N) is 5. The second-order valence-electron chi connectivity index (χ2n) is 10.5. The van der Waals surface area contributed by atoms with Crippen LogP contribution in [0, 0.1) is 17.2 Å². The molecule has 2 heterocycles. The lowest BCUT2D eigenvalue weighted by Gasteiger charge is -2.41. The van der Waals surface area contributed by atoms with Gasteiger partial charge in [-0.25, -0.2) is 0 Å². The number of fused-ring (bicyclic) bond motifs is 1. The summed E-state index contributed by atoms with van der Waals surface area (Å²) in [6.07, 6.45) is 3.48. The highest BCUT2D eigenvalue weighted by Gasteiger charge is 2.28. The fourth-order valence-electron chi connectivity index (χ4n) is 6.04. The van der Waals surface area contributed by atoms with Crippen molar-refractivity contribution in [3.63, 3.8) is 0 Å². The maximum atomic E-state index is 9.70. The van der Waals surface area contributed by atoms with Crippen molar-refractivity contribution in [1.29, 1.82) is 5.26 Å². The molecule has 0 saturated carbocycles. The van der Waals surface area contributed by atoms with Crippen LogP contribution in [-0.4, -0.2) is 80.7 Å². The molecule has 2 fully saturated rings. The molecule has 5 nitrogen and oxygen atoms in total. The van der Waals surface area contributed by atoms with E-state index >= 15 is 0 Å². The molecule has 2 aliphatic heterocycles. The first-order valence-electron chi connectivity index (χ1n) is 12.6. The van der Waals surface area contributed by atoms with Crippen LogP contribution < -0.4 is 4.90 Å². The maximum absolute atomic E-state index is 9.70. The van der Waals surface area contributed by atoms with Crippen LogP contribution in [-0.2, 0) is 19.4 Å². The average Bonchev–Trinajstić information content (AvgIpc) is 2.83. The van der Waals surface area contributed by atoms with Crippen LogP contribution >= 0.6 is 11.6 Å². The smallest absolute Gasteiger partial charge is 0.0995 e. The molecule has 0 aromatic heterocycles. The topological polar surface area (TPSA) is 36.8 Å². The van der Waals surface area contributed by atoms with Gasteiger partial charge in [0.15, 0.2) is 0 Å². The molecule has 6 heteroatoms. The summed E-state index contributed by atoms with van der Waals surface area (Å²) in [4.78, 5) is 9.92. The first-order valence-corrected chi connectivity index (χ1v) is 13.0. The zero-order valence-corrected chi connectivity index (χ0v) is 21.3. The van der Waals surface area contributed by atoms with E-state index < -0.39 is 0 Å². The lowest BCUT2D eigenvalue weighted by Crippen LogP contribution is -2.51. The fraction of sp³-hybridized carbons (Fsp3) is 0.536. The van der Waals surface area contributed by atoms with Crippen molar-refractivity contribution in [2.24, 2.45) is 5.92 Å². The number of likely N-dealkylation sites (tertiary alicyclic amines) is 1. The summed E-state index contributed by atoms with van der Waals surface area (Å²) >= 11 is 6.19. The van der Waals surface area contributed by atoms with Crippen molar-refractivity contribution >= 4 is 17.3 Å². The summed E-state index contributed by atoms with van der Waals surface area (Å²) in [7, 11) is 4.36. The van der Waals surface area contributed by atoms with E-state index in [-0.39, 0.29) is 0 Å². The zero-order valence-electron chi connectivity index (χ0n) is 20.5. The van der Waals surface area contributed by atoms with Crippen LogP contribution in [0.25, 0.3) is 0 Å². The van der Waals surface area contributed by atoms with Gasteiger partial charge in [0, 0.05) is 82.1 Å².